The van der Waals surface area contributed by atoms with Gasteiger partial charge < -0.3 is 10.2 Å². The van der Waals surface area contributed by atoms with E-state index >= 15 is 0 Å². The Bertz CT molecular complexity index is 754. The summed E-state index contributed by atoms with van der Waals surface area (Å²) in [5.41, 5.74) is 7.25. The van der Waals surface area contributed by atoms with E-state index in [-0.39, 0.29) is 5.82 Å². The first-order chi connectivity index (χ1) is 10.1. The average molecular weight is 322 g/mol. The smallest absolute Gasteiger partial charge is 0.247 e. The third-order valence-corrected chi connectivity index (χ3v) is 4.99. The Morgan fingerprint density at radius 3 is 2.71 bits per heavy atom. The lowest BCUT2D eigenvalue weighted by Crippen LogP contribution is -1.81. The first-order valence-corrected chi connectivity index (χ1v) is 7.86. The molecule has 8 heteroatoms. The van der Waals surface area contributed by atoms with Gasteiger partial charge in [-0.25, -0.2) is 9.37 Å². The predicted octanol–water partition coefficient (Wildman–Crippen LogP) is 3.52. The fourth-order valence-corrected chi connectivity index (χ4v) is 3.55. The van der Waals surface area contributed by atoms with Gasteiger partial charge in [-0.05, 0) is 31.2 Å². The number of hydrogen-bond acceptors (Lipinski definition) is 7. The molecule has 3 aromatic rings. The van der Waals surface area contributed by atoms with E-state index < -0.39 is 0 Å². The quantitative estimate of drug-likeness (QED) is 0.741. The standard InChI is InChI=1S/C13H11FN4OS2/c1-7-12(21-13(15)16-7)20-6-10-17-18-11(19-10)8-2-4-9(14)5-3-8/h2-5H,6H2,1H3,(H2,15,16). The molecule has 0 radical (unpaired) electrons. The van der Waals surface area contributed by atoms with E-state index in [4.69, 9.17) is 10.2 Å². The Morgan fingerprint density at radius 1 is 1.29 bits per heavy atom. The molecule has 2 heterocycles. The van der Waals surface area contributed by atoms with E-state index in [1.165, 1.54) is 23.5 Å². The number of nitrogen functional groups attached to an aromatic ring is 1. The molecule has 0 bridgehead atoms. The molecule has 2 aromatic heterocycles. The number of aromatic nitrogens is 3. The van der Waals surface area contributed by atoms with Crippen molar-refractivity contribution in [1.29, 1.82) is 0 Å². The van der Waals surface area contributed by atoms with Gasteiger partial charge in [0.15, 0.2) is 5.13 Å². The van der Waals surface area contributed by atoms with Crippen LogP contribution in [-0.4, -0.2) is 15.2 Å². The second-order valence-corrected chi connectivity index (χ2v) is 6.50. The molecule has 21 heavy (non-hydrogen) atoms. The number of aryl methyl sites for hydroxylation is 1. The third kappa shape index (κ3) is 3.22. The number of thioether (sulfide) groups is 1. The first kappa shape index (κ1) is 14.0. The minimum Gasteiger partial charge on any atom is -0.420 e. The molecule has 0 saturated heterocycles. The lowest BCUT2D eigenvalue weighted by molar-refractivity contribution is 0.528. The lowest BCUT2D eigenvalue weighted by Gasteiger charge is -1.95. The number of rotatable bonds is 4. The summed E-state index contributed by atoms with van der Waals surface area (Å²) in [6.45, 7) is 1.91. The average Bonchev–Trinajstić information content (AvgIpc) is 3.04. The maximum Gasteiger partial charge on any atom is 0.247 e. The van der Waals surface area contributed by atoms with Crippen molar-refractivity contribution in [2.75, 3.05) is 5.73 Å². The van der Waals surface area contributed by atoms with Crippen LogP contribution in [0.4, 0.5) is 9.52 Å². The van der Waals surface area contributed by atoms with Crippen molar-refractivity contribution in [2.45, 2.75) is 16.9 Å². The monoisotopic (exact) mass is 322 g/mol. The van der Waals surface area contributed by atoms with Gasteiger partial charge >= 0.3 is 0 Å². The van der Waals surface area contributed by atoms with Crippen molar-refractivity contribution >= 4 is 28.2 Å². The zero-order valence-corrected chi connectivity index (χ0v) is 12.7. The maximum absolute atomic E-state index is 12.9. The Morgan fingerprint density at radius 2 is 2.05 bits per heavy atom. The highest BCUT2D eigenvalue weighted by Gasteiger charge is 2.11. The van der Waals surface area contributed by atoms with Gasteiger partial charge in [0.05, 0.1) is 15.7 Å². The molecule has 0 atom stereocenters. The SMILES string of the molecule is Cc1nc(N)sc1SCc1nnc(-c2ccc(F)cc2)o1. The highest BCUT2D eigenvalue weighted by molar-refractivity contribution is 8.00. The second-order valence-electron chi connectivity index (χ2n) is 4.22. The molecule has 0 fully saturated rings. The summed E-state index contributed by atoms with van der Waals surface area (Å²) in [7, 11) is 0. The van der Waals surface area contributed by atoms with Gasteiger partial charge in [0.25, 0.3) is 0 Å². The molecule has 0 unspecified atom stereocenters. The van der Waals surface area contributed by atoms with Gasteiger partial charge in [-0.2, -0.15) is 0 Å². The van der Waals surface area contributed by atoms with E-state index in [0.29, 0.717) is 28.2 Å². The highest BCUT2D eigenvalue weighted by Crippen LogP contribution is 2.32. The fourth-order valence-electron chi connectivity index (χ4n) is 1.68. The summed E-state index contributed by atoms with van der Waals surface area (Å²) in [6, 6.07) is 5.93. The first-order valence-electron chi connectivity index (χ1n) is 6.06. The molecule has 108 valence electrons. The number of nitrogens with two attached hydrogens (primary N) is 1. The number of thiazole rings is 1. The largest absolute Gasteiger partial charge is 0.420 e. The molecule has 1 aromatic carbocycles. The van der Waals surface area contributed by atoms with E-state index in [1.807, 2.05) is 6.92 Å². The van der Waals surface area contributed by atoms with Crippen molar-refractivity contribution in [2.24, 2.45) is 0 Å². The summed E-state index contributed by atoms with van der Waals surface area (Å²) in [5.74, 6) is 1.13. The Labute approximate surface area is 128 Å². The number of benzene rings is 1. The van der Waals surface area contributed by atoms with E-state index in [1.54, 1.807) is 23.9 Å². The van der Waals surface area contributed by atoms with Crippen molar-refractivity contribution in [3.8, 4) is 11.5 Å². The van der Waals surface area contributed by atoms with Gasteiger partial charge in [-0.3, -0.25) is 0 Å². The van der Waals surface area contributed by atoms with Crippen molar-refractivity contribution in [3.05, 3.63) is 41.7 Å². The molecule has 0 aliphatic rings. The molecule has 0 amide bonds. The summed E-state index contributed by atoms with van der Waals surface area (Å²) in [6.07, 6.45) is 0. The maximum atomic E-state index is 12.9. The van der Waals surface area contributed by atoms with Crippen LogP contribution in [0, 0.1) is 12.7 Å². The summed E-state index contributed by atoms with van der Waals surface area (Å²) in [5, 5.41) is 8.50. The summed E-state index contributed by atoms with van der Waals surface area (Å²) < 4.78 is 19.5. The van der Waals surface area contributed by atoms with Crippen LogP contribution < -0.4 is 5.73 Å². The van der Waals surface area contributed by atoms with Crippen LogP contribution >= 0.6 is 23.1 Å². The van der Waals surface area contributed by atoms with Crippen molar-refractivity contribution in [1.82, 2.24) is 15.2 Å². The van der Waals surface area contributed by atoms with Crippen LogP contribution in [0.15, 0.2) is 32.9 Å². The third-order valence-electron chi connectivity index (χ3n) is 2.66. The molecular weight excluding hydrogens is 311 g/mol. The summed E-state index contributed by atoms with van der Waals surface area (Å²) in [4.78, 5) is 4.16. The van der Waals surface area contributed by atoms with Gasteiger partial charge in [-0.15, -0.1) is 22.0 Å². The van der Waals surface area contributed by atoms with Crippen LogP contribution in [0.25, 0.3) is 11.5 Å². The van der Waals surface area contributed by atoms with Crippen LogP contribution in [0.2, 0.25) is 0 Å². The predicted molar refractivity (Wildman–Crippen MR) is 80.5 cm³/mol. The Hall–Kier alpha value is -1.93. The molecule has 0 aliphatic heterocycles. The van der Waals surface area contributed by atoms with E-state index in [0.717, 1.165) is 9.90 Å². The zero-order valence-electron chi connectivity index (χ0n) is 11.0. The molecule has 0 aliphatic carbocycles. The minimum atomic E-state index is -0.299. The van der Waals surface area contributed by atoms with Gasteiger partial charge in [0, 0.05) is 5.56 Å². The number of hydrogen-bond donors (Lipinski definition) is 1. The fraction of sp³-hybridized carbons (Fsp3) is 0.154. The number of nitrogens with zero attached hydrogens (tertiary/aromatic N) is 3. The Balaban J connectivity index is 1.70. The van der Waals surface area contributed by atoms with Crippen LogP contribution in [0.1, 0.15) is 11.6 Å². The molecular formula is C13H11FN4OS2. The second kappa shape index (κ2) is 5.82. The highest BCUT2D eigenvalue weighted by atomic mass is 32.2. The van der Waals surface area contributed by atoms with Crippen LogP contribution in [0.5, 0.6) is 0 Å². The topological polar surface area (TPSA) is 77.8 Å². The van der Waals surface area contributed by atoms with Gasteiger partial charge in [0.2, 0.25) is 11.8 Å². The zero-order chi connectivity index (χ0) is 14.8. The van der Waals surface area contributed by atoms with Gasteiger partial charge in [-0.1, -0.05) is 11.3 Å². The van der Waals surface area contributed by atoms with Crippen LogP contribution in [0.3, 0.4) is 0 Å². The van der Waals surface area contributed by atoms with Crippen molar-refractivity contribution < 1.29 is 8.81 Å². The lowest BCUT2D eigenvalue weighted by atomic mass is 10.2. The number of anilines is 1. The van der Waals surface area contributed by atoms with Gasteiger partial charge in [0.1, 0.15) is 5.82 Å². The van der Waals surface area contributed by atoms with E-state index in [2.05, 4.69) is 15.2 Å². The Kier molecular flexibility index (Phi) is 3.89. The molecule has 0 spiro atoms. The van der Waals surface area contributed by atoms with Crippen LogP contribution in [-0.2, 0) is 5.75 Å². The normalized spacial score (nSPS) is 11.0. The number of halogens is 1. The van der Waals surface area contributed by atoms with E-state index in [9.17, 15) is 4.39 Å². The summed E-state index contributed by atoms with van der Waals surface area (Å²) >= 11 is 2.99. The van der Waals surface area contributed by atoms with Crippen molar-refractivity contribution in [3.63, 3.8) is 0 Å². The minimum absolute atomic E-state index is 0.299. The molecule has 0 saturated carbocycles. The molecule has 5 nitrogen and oxygen atoms in total. The molecule has 3 rings (SSSR count). The molecule has 2 N–H and O–H groups in total.